The fourth-order valence-electron chi connectivity index (χ4n) is 1.77. The van der Waals surface area contributed by atoms with Crippen molar-refractivity contribution < 1.29 is 9.60 Å². The fraction of sp³-hybridized carbons (Fsp3) is 0.154. The maximum atomic E-state index is 13.8. The second-order valence-electron chi connectivity index (χ2n) is 3.94. The number of para-hydroxylation sites is 1. The van der Waals surface area contributed by atoms with Gasteiger partial charge in [0, 0.05) is 6.54 Å². The van der Waals surface area contributed by atoms with Crippen molar-refractivity contribution in [1.29, 1.82) is 0 Å². The largest absolute Gasteiger partial charge is 0.409 e. The van der Waals surface area contributed by atoms with Crippen LogP contribution in [0.1, 0.15) is 12.6 Å². The van der Waals surface area contributed by atoms with Gasteiger partial charge in [0.2, 0.25) is 0 Å². The van der Waals surface area contributed by atoms with E-state index in [2.05, 4.69) is 15.1 Å². The van der Waals surface area contributed by atoms with Crippen LogP contribution in [0.2, 0.25) is 0 Å². The van der Waals surface area contributed by atoms with E-state index in [0.717, 1.165) is 0 Å². The quantitative estimate of drug-likeness (QED) is 0.385. The van der Waals surface area contributed by atoms with Crippen LogP contribution in [0.4, 0.5) is 15.9 Å². The van der Waals surface area contributed by atoms with Crippen molar-refractivity contribution in [2.45, 2.75) is 6.92 Å². The van der Waals surface area contributed by atoms with Gasteiger partial charge in [-0.25, -0.2) is 14.4 Å². The predicted molar refractivity (Wildman–Crippen MR) is 73.6 cm³/mol. The summed E-state index contributed by atoms with van der Waals surface area (Å²) in [6.45, 7) is 2.41. The minimum absolute atomic E-state index is 0.127. The van der Waals surface area contributed by atoms with Crippen molar-refractivity contribution in [3.8, 4) is 0 Å². The monoisotopic (exact) mass is 275 g/mol. The summed E-state index contributed by atoms with van der Waals surface area (Å²) in [7, 11) is 0. The third kappa shape index (κ3) is 2.66. The first-order valence-corrected chi connectivity index (χ1v) is 5.99. The molecule has 0 unspecified atom stereocenters. The zero-order valence-electron chi connectivity index (χ0n) is 10.9. The van der Waals surface area contributed by atoms with Crippen LogP contribution in [0.25, 0.3) is 0 Å². The number of nitrogens with zero attached hydrogens (tertiary/aromatic N) is 4. The molecule has 6 nitrogen and oxygen atoms in total. The summed E-state index contributed by atoms with van der Waals surface area (Å²) in [5.41, 5.74) is 6.08. The van der Waals surface area contributed by atoms with E-state index in [4.69, 9.17) is 10.9 Å². The number of hydrogen-bond acceptors (Lipinski definition) is 5. The van der Waals surface area contributed by atoms with Crippen molar-refractivity contribution in [3.05, 3.63) is 48.2 Å². The molecule has 0 bridgehead atoms. The number of anilines is 2. The van der Waals surface area contributed by atoms with E-state index in [-0.39, 0.29) is 17.3 Å². The van der Waals surface area contributed by atoms with Crippen molar-refractivity contribution in [3.63, 3.8) is 0 Å². The first-order valence-electron chi connectivity index (χ1n) is 5.99. The normalized spacial score (nSPS) is 11.4. The van der Waals surface area contributed by atoms with Crippen LogP contribution < -0.4 is 10.6 Å². The molecule has 0 fully saturated rings. The second-order valence-corrected chi connectivity index (χ2v) is 3.94. The molecule has 0 atom stereocenters. The molecule has 1 aromatic heterocycles. The van der Waals surface area contributed by atoms with Crippen LogP contribution in [-0.2, 0) is 0 Å². The lowest BCUT2D eigenvalue weighted by atomic mass is 10.2. The first-order chi connectivity index (χ1) is 9.67. The lowest BCUT2D eigenvalue weighted by Gasteiger charge is -2.22. The van der Waals surface area contributed by atoms with Gasteiger partial charge >= 0.3 is 0 Å². The number of oxime groups is 1. The SMILES string of the molecule is CCN(c1cnc(C(N)=NO)cn1)c1ccccc1F. The Kier molecular flexibility index (Phi) is 4.09. The van der Waals surface area contributed by atoms with Gasteiger partial charge in [0.15, 0.2) is 11.7 Å². The molecule has 1 heterocycles. The standard InChI is InChI=1S/C13H14FN5O/c1-2-19(11-6-4-3-5-9(11)14)12-8-16-10(7-17-12)13(15)18-20/h3-8,20H,2H2,1H3,(H2,15,18). The molecule has 0 aliphatic carbocycles. The van der Waals surface area contributed by atoms with Gasteiger partial charge in [-0.1, -0.05) is 17.3 Å². The molecule has 0 saturated carbocycles. The molecule has 1 aromatic carbocycles. The van der Waals surface area contributed by atoms with Crippen molar-refractivity contribution in [1.82, 2.24) is 9.97 Å². The van der Waals surface area contributed by atoms with Crippen LogP contribution in [0.3, 0.4) is 0 Å². The molecular weight excluding hydrogens is 261 g/mol. The Morgan fingerprint density at radius 3 is 2.65 bits per heavy atom. The molecule has 3 N–H and O–H groups in total. The van der Waals surface area contributed by atoms with E-state index >= 15 is 0 Å². The van der Waals surface area contributed by atoms with Gasteiger partial charge in [0.05, 0.1) is 18.1 Å². The molecule has 104 valence electrons. The van der Waals surface area contributed by atoms with E-state index < -0.39 is 0 Å². The first kappa shape index (κ1) is 13.7. The molecule has 2 rings (SSSR count). The summed E-state index contributed by atoms with van der Waals surface area (Å²) in [5.74, 6) is 0.0155. The van der Waals surface area contributed by atoms with E-state index in [1.807, 2.05) is 6.92 Å². The molecule has 0 aliphatic heterocycles. The molecule has 0 radical (unpaired) electrons. The van der Waals surface area contributed by atoms with Crippen LogP contribution in [0.5, 0.6) is 0 Å². The Morgan fingerprint density at radius 2 is 2.10 bits per heavy atom. The van der Waals surface area contributed by atoms with Crippen molar-refractivity contribution >= 4 is 17.3 Å². The van der Waals surface area contributed by atoms with E-state index in [1.165, 1.54) is 18.5 Å². The van der Waals surface area contributed by atoms with Gasteiger partial charge < -0.3 is 15.8 Å². The Bertz CT molecular complexity index is 614. The van der Waals surface area contributed by atoms with Gasteiger partial charge in [-0.3, -0.25) is 0 Å². The predicted octanol–water partition coefficient (Wildman–Crippen LogP) is 1.87. The highest BCUT2D eigenvalue weighted by Gasteiger charge is 2.13. The highest BCUT2D eigenvalue weighted by molar-refractivity contribution is 5.94. The topological polar surface area (TPSA) is 87.6 Å². The summed E-state index contributed by atoms with van der Waals surface area (Å²) in [4.78, 5) is 9.87. The smallest absolute Gasteiger partial charge is 0.190 e. The van der Waals surface area contributed by atoms with Crippen LogP contribution >= 0.6 is 0 Å². The zero-order valence-corrected chi connectivity index (χ0v) is 10.9. The number of benzene rings is 1. The van der Waals surface area contributed by atoms with Gasteiger partial charge in [0.25, 0.3) is 0 Å². The van der Waals surface area contributed by atoms with Gasteiger partial charge in [-0.05, 0) is 19.1 Å². The third-order valence-corrected chi connectivity index (χ3v) is 2.74. The van der Waals surface area contributed by atoms with Gasteiger partial charge in [0.1, 0.15) is 11.5 Å². The summed E-state index contributed by atoms with van der Waals surface area (Å²) in [5, 5.41) is 11.4. The fourth-order valence-corrected chi connectivity index (χ4v) is 1.77. The van der Waals surface area contributed by atoms with Gasteiger partial charge in [-0.15, -0.1) is 0 Å². The number of rotatable bonds is 4. The van der Waals surface area contributed by atoms with Gasteiger partial charge in [-0.2, -0.15) is 0 Å². The number of amidine groups is 1. The minimum Gasteiger partial charge on any atom is -0.409 e. The maximum Gasteiger partial charge on any atom is 0.190 e. The molecule has 7 heteroatoms. The molecule has 0 spiro atoms. The van der Waals surface area contributed by atoms with Crippen LogP contribution in [0, 0.1) is 5.82 Å². The van der Waals surface area contributed by atoms with Crippen molar-refractivity contribution in [2.24, 2.45) is 10.9 Å². The summed E-state index contributed by atoms with van der Waals surface area (Å²) in [6, 6.07) is 6.42. The minimum atomic E-state index is -0.336. The highest BCUT2D eigenvalue weighted by Crippen LogP contribution is 2.25. The molecule has 0 saturated heterocycles. The zero-order chi connectivity index (χ0) is 14.5. The van der Waals surface area contributed by atoms with Crippen LogP contribution in [-0.4, -0.2) is 27.6 Å². The molecule has 0 aliphatic rings. The highest BCUT2D eigenvalue weighted by atomic mass is 19.1. The number of aromatic nitrogens is 2. The Balaban J connectivity index is 2.36. The Labute approximate surface area is 115 Å². The van der Waals surface area contributed by atoms with Crippen molar-refractivity contribution in [2.75, 3.05) is 11.4 Å². The van der Waals surface area contributed by atoms with E-state index in [0.29, 0.717) is 18.1 Å². The summed E-state index contributed by atoms with van der Waals surface area (Å²) in [6.07, 6.45) is 2.82. The number of halogens is 1. The maximum absolute atomic E-state index is 13.8. The summed E-state index contributed by atoms with van der Waals surface area (Å²) < 4.78 is 13.8. The number of hydrogen-bond donors (Lipinski definition) is 2. The summed E-state index contributed by atoms with van der Waals surface area (Å²) >= 11 is 0. The average Bonchev–Trinajstić information content (AvgIpc) is 2.50. The third-order valence-electron chi connectivity index (χ3n) is 2.74. The second kappa shape index (κ2) is 5.96. The Morgan fingerprint density at radius 1 is 1.35 bits per heavy atom. The molecule has 0 amide bonds. The van der Waals surface area contributed by atoms with E-state index in [1.54, 1.807) is 23.1 Å². The average molecular weight is 275 g/mol. The number of nitrogens with two attached hydrogens (primary N) is 1. The lowest BCUT2D eigenvalue weighted by molar-refractivity contribution is 0.318. The van der Waals surface area contributed by atoms with Crippen LogP contribution in [0.15, 0.2) is 41.8 Å². The molecule has 2 aromatic rings. The molecule has 20 heavy (non-hydrogen) atoms. The Hall–Kier alpha value is -2.70. The molecular formula is C13H14FN5O. The van der Waals surface area contributed by atoms with E-state index in [9.17, 15) is 4.39 Å². The lowest BCUT2D eigenvalue weighted by Crippen LogP contribution is -2.20.